The molecule has 0 aliphatic heterocycles. The van der Waals surface area contributed by atoms with Crippen LogP contribution in [0.1, 0.15) is 46.1 Å². The molecule has 0 spiro atoms. The third-order valence-corrected chi connectivity index (χ3v) is 4.69. The normalized spacial score (nSPS) is 13.8. The van der Waals surface area contributed by atoms with Crippen molar-refractivity contribution in [3.05, 3.63) is 46.9 Å². The van der Waals surface area contributed by atoms with E-state index < -0.39 is 0 Å². The molecule has 1 amide bonds. The zero-order valence-corrected chi connectivity index (χ0v) is 15.1. The third kappa shape index (κ3) is 3.00. The number of nitrogens with one attached hydrogen (secondary N) is 1. The lowest BCUT2D eigenvalue weighted by molar-refractivity contribution is 0.0952. The first kappa shape index (κ1) is 16.5. The van der Waals surface area contributed by atoms with Gasteiger partial charge < -0.3 is 10.1 Å². The molecule has 1 aliphatic carbocycles. The largest absolute Gasteiger partial charge is 0.481 e. The van der Waals surface area contributed by atoms with Crippen molar-refractivity contribution < 1.29 is 9.53 Å². The maximum atomic E-state index is 12.9. The van der Waals surface area contributed by atoms with Gasteiger partial charge >= 0.3 is 0 Å². The molecule has 0 bridgehead atoms. The summed E-state index contributed by atoms with van der Waals surface area (Å²) in [4.78, 5) is 21.7. The number of fused-ring (bicyclic) bond motifs is 1. The Morgan fingerprint density at radius 3 is 2.92 bits per heavy atom. The molecular formula is C19H21N5O2. The molecule has 7 nitrogen and oxygen atoms in total. The van der Waals surface area contributed by atoms with Crippen molar-refractivity contribution >= 4 is 16.9 Å². The molecule has 0 unspecified atom stereocenters. The highest BCUT2D eigenvalue weighted by Crippen LogP contribution is 2.40. The van der Waals surface area contributed by atoms with Crippen LogP contribution in [-0.4, -0.2) is 32.8 Å². The Labute approximate surface area is 151 Å². The predicted molar refractivity (Wildman–Crippen MR) is 97.2 cm³/mol. The van der Waals surface area contributed by atoms with Crippen LogP contribution in [0.15, 0.2) is 24.4 Å². The molecule has 1 aliphatic rings. The van der Waals surface area contributed by atoms with Gasteiger partial charge in [0.05, 0.1) is 23.8 Å². The average Bonchev–Trinajstić information content (AvgIpc) is 3.46. The molecule has 134 valence electrons. The summed E-state index contributed by atoms with van der Waals surface area (Å²) in [6.07, 6.45) is 3.93. The van der Waals surface area contributed by atoms with Gasteiger partial charge in [-0.2, -0.15) is 5.10 Å². The van der Waals surface area contributed by atoms with E-state index in [2.05, 4.69) is 15.4 Å². The SMILES string of the molecule is COc1cc(CNC(=O)c2cc(C3CC3)nc3c2c(C)nn3C)ccn1. The van der Waals surface area contributed by atoms with Crippen molar-refractivity contribution in [2.45, 2.75) is 32.2 Å². The molecule has 1 N–H and O–H groups in total. The number of carbonyl (C=O) groups excluding carboxylic acids is 1. The second-order valence-electron chi connectivity index (χ2n) is 6.67. The van der Waals surface area contributed by atoms with Gasteiger partial charge in [0.25, 0.3) is 5.91 Å². The quantitative estimate of drug-likeness (QED) is 0.764. The van der Waals surface area contributed by atoms with Crippen molar-refractivity contribution in [2.75, 3.05) is 7.11 Å². The van der Waals surface area contributed by atoms with Crippen LogP contribution in [0.2, 0.25) is 0 Å². The molecular weight excluding hydrogens is 330 g/mol. The topological polar surface area (TPSA) is 81.9 Å². The van der Waals surface area contributed by atoms with Gasteiger partial charge in [-0.3, -0.25) is 9.48 Å². The molecule has 7 heteroatoms. The van der Waals surface area contributed by atoms with Gasteiger partial charge in [0, 0.05) is 37.5 Å². The van der Waals surface area contributed by atoms with Crippen LogP contribution < -0.4 is 10.1 Å². The Balaban J connectivity index is 1.65. The fraction of sp³-hybridized carbons (Fsp3) is 0.368. The Morgan fingerprint density at radius 2 is 2.19 bits per heavy atom. The maximum Gasteiger partial charge on any atom is 0.252 e. The lowest BCUT2D eigenvalue weighted by Gasteiger charge is -2.09. The van der Waals surface area contributed by atoms with Gasteiger partial charge in [0.2, 0.25) is 5.88 Å². The second kappa shape index (κ2) is 6.40. The summed E-state index contributed by atoms with van der Waals surface area (Å²) in [5.74, 6) is 0.874. The second-order valence-corrected chi connectivity index (χ2v) is 6.67. The van der Waals surface area contributed by atoms with Gasteiger partial charge in [-0.25, -0.2) is 9.97 Å². The summed E-state index contributed by atoms with van der Waals surface area (Å²) in [6.45, 7) is 2.31. The smallest absolute Gasteiger partial charge is 0.252 e. The van der Waals surface area contributed by atoms with Crippen LogP contribution in [0.4, 0.5) is 0 Å². The van der Waals surface area contributed by atoms with E-state index in [-0.39, 0.29) is 5.91 Å². The van der Waals surface area contributed by atoms with Crippen molar-refractivity contribution in [3.8, 4) is 5.88 Å². The number of amides is 1. The summed E-state index contributed by atoms with van der Waals surface area (Å²) in [5, 5.41) is 8.26. The summed E-state index contributed by atoms with van der Waals surface area (Å²) < 4.78 is 6.88. The number of nitrogens with zero attached hydrogens (tertiary/aromatic N) is 4. The summed E-state index contributed by atoms with van der Waals surface area (Å²) in [7, 11) is 3.44. The molecule has 3 heterocycles. The van der Waals surface area contributed by atoms with Gasteiger partial charge in [-0.1, -0.05) is 0 Å². The molecule has 4 rings (SSSR count). The Hall–Kier alpha value is -2.96. The lowest BCUT2D eigenvalue weighted by Crippen LogP contribution is -2.23. The highest BCUT2D eigenvalue weighted by molar-refractivity contribution is 6.06. The number of methoxy groups -OCH3 is 1. The predicted octanol–water partition coefficient (Wildman–Crippen LogP) is 2.49. The number of rotatable bonds is 5. The third-order valence-electron chi connectivity index (χ3n) is 4.69. The molecule has 1 fully saturated rings. The van der Waals surface area contributed by atoms with Gasteiger partial charge in [0.15, 0.2) is 5.65 Å². The van der Waals surface area contributed by atoms with Crippen LogP contribution in [0, 0.1) is 6.92 Å². The van der Waals surface area contributed by atoms with E-state index in [1.165, 1.54) is 0 Å². The minimum absolute atomic E-state index is 0.119. The van der Waals surface area contributed by atoms with Crippen LogP contribution in [-0.2, 0) is 13.6 Å². The minimum atomic E-state index is -0.119. The van der Waals surface area contributed by atoms with Gasteiger partial charge in [-0.05, 0) is 37.5 Å². The first-order valence-corrected chi connectivity index (χ1v) is 8.68. The van der Waals surface area contributed by atoms with E-state index in [0.717, 1.165) is 40.8 Å². The number of pyridine rings is 2. The summed E-state index contributed by atoms with van der Waals surface area (Å²) >= 11 is 0. The van der Waals surface area contributed by atoms with Gasteiger partial charge in [-0.15, -0.1) is 0 Å². The standard InChI is InChI=1S/C19H21N5O2/c1-11-17-14(9-15(13-4-5-13)22-18(17)24(2)23-11)19(25)21-10-12-6-7-20-16(8-12)26-3/h6-9,13H,4-5,10H2,1-3H3,(H,21,25). The van der Waals surface area contributed by atoms with E-state index in [9.17, 15) is 4.79 Å². The number of aromatic nitrogens is 4. The number of carbonyl (C=O) groups is 1. The highest BCUT2D eigenvalue weighted by Gasteiger charge is 2.28. The van der Waals surface area contributed by atoms with Crippen LogP contribution in [0.3, 0.4) is 0 Å². The number of aryl methyl sites for hydroxylation is 2. The molecule has 0 saturated heterocycles. The van der Waals surface area contributed by atoms with Gasteiger partial charge in [0.1, 0.15) is 0 Å². The minimum Gasteiger partial charge on any atom is -0.481 e. The zero-order valence-electron chi connectivity index (χ0n) is 15.1. The van der Waals surface area contributed by atoms with Crippen LogP contribution >= 0.6 is 0 Å². The van der Waals surface area contributed by atoms with E-state index >= 15 is 0 Å². The molecule has 0 aromatic carbocycles. The van der Waals surface area contributed by atoms with Crippen molar-refractivity contribution in [2.24, 2.45) is 7.05 Å². The highest BCUT2D eigenvalue weighted by atomic mass is 16.5. The van der Waals surface area contributed by atoms with E-state index in [1.54, 1.807) is 18.0 Å². The van der Waals surface area contributed by atoms with Crippen LogP contribution in [0.5, 0.6) is 5.88 Å². The monoisotopic (exact) mass is 351 g/mol. The van der Waals surface area contributed by atoms with Crippen molar-refractivity contribution in [3.63, 3.8) is 0 Å². The first-order valence-electron chi connectivity index (χ1n) is 8.68. The fourth-order valence-electron chi connectivity index (χ4n) is 3.18. The molecule has 0 atom stereocenters. The summed E-state index contributed by atoms with van der Waals surface area (Å²) in [6, 6.07) is 5.60. The fourth-order valence-corrected chi connectivity index (χ4v) is 3.18. The molecule has 3 aromatic heterocycles. The van der Waals surface area contributed by atoms with E-state index in [0.29, 0.717) is 23.9 Å². The van der Waals surface area contributed by atoms with Crippen molar-refractivity contribution in [1.29, 1.82) is 0 Å². The Kier molecular flexibility index (Phi) is 4.06. The Bertz CT molecular complexity index is 991. The van der Waals surface area contributed by atoms with Crippen molar-refractivity contribution in [1.82, 2.24) is 25.1 Å². The number of hydrogen-bond acceptors (Lipinski definition) is 5. The number of hydrogen-bond donors (Lipinski definition) is 1. The van der Waals surface area contributed by atoms with Crippen LogP contribution in [0.25, 0.3) is 11.0 Å². The van der Waals surface area contributed by atoms with E-state index in [1.807, 2.05) is 32.2 Å². The van der Waals surface area contributed by atoms with E-state index in [4.69, 9.17) is 9.72 Å². The molecule has 3 aromatic rings. The molecule has 1 saturated carbocycles. The number of ether oxygens (including phenoxy) is 1. The average molecular weight is 351 g/mol. The zero-order chi connectivity index (χ0) is 18.3. The Morgan fingerprint density at radius 1 is 1.38 bits per heavy atom. The maximum absolute atomic E-state index is 12.9. The first-order chi connectivity index (χ1) is 12.6. The lowest BCUT2D eigenvalue weighted by atomic mass is 10.1. The summed E-state index contributed by atoms with van der Waals surface area (Å²) in [5.41, 5.74) is 4.14. The molecule has 26 heavy (non-hydrogen) atoms. The molecule has 0 radical (unpaired) electrons.